The Labute approximate surface area is 120 Å². The van der Waals surface area contributed by atoms with Crippen molar-refractivity contribution in [3.05, 3.63) is 60.2 Å². The largest absolute Gasteiger partial charge is 0.508 e. The van der Waals surface area contributed by atoms with Crippen molar-refractivity contribution >= 4 is 0 Å². The highest BCUT2D eigenvalue weighted by Gasteiger charge is 2.42. The minimum Gasteiger partial charge on any atom is -0.508 e. The van der Waals surface area contributed by atoms with Gasteiger partial charge in [0.15, 0.2) is 0 Å². The van der Waals surface area contributed by atoms with E-state index < -0.39 is 18.2 Å². The number of phenols is 1. The quantitative estimate of drug-likeness (QED) is 0.890. The summed E-state index contributed by atoms with van der Waals surface area (Å²) < 4.78 is 44.2. The minimum atomic E-state index is -4.36. The topological polar surface area (TPSA) is 29.5 Å². The Kier molecular flexibility index (Phi) is 4.11. The molecule has 0 saturated heterocycles. The van der Waals surface area contributed by atoms with E-state index in [1.165, 1.54) is 31.2 Å². The van der Waals surface area contributed by atoms with E-state index in [0.29, 0.717) is 5.56 Å². The van der Waals surface area contributed by atoms with Crippen LogP contribution >= 0.6 is 0 Å². The number of alkyl halides is 3. The van der Waals surface area contributed by atoms with Crippen molar-refractivity contribution in [3.8, 4) is 11.5 Å². The summed E-state index contributed by atoms with van der Waals surface area (Å²) in [5.41, 5.74) is -1.09. The molecule has 112 valence electrons. The molecule has 2 nitrogen and oxygen atoms in total. The zero-order chi connectivity index (χ0) is 15.5. The number of aromatic hydroxyl groups is 1. The van der Waals surface area contributed by atoms with Gasteiger partial charge in [0.1, 0.15) is 17.1 Å². The van der Waals surface area contributed by atoms with E-state index in [0.717, 1.165) is 0 Å². The highest BCUT2D eigenvalue weighted by atomic mass is 19.4. The lowest BCUT2D eigenvalue weighted by Gasteiger charge is -2.32. The zero-order valence-corrected chi connectivity index (χ0v) is 11.4. The number of phenolic OH excluding ortho intramolecular Hbond substituents is 1. The van der Waals surface area contributed by atoms with E-state index in [2.05, 4.69) is 0 Å². The summed E-state index contributed by atoms with van der Waals surface area (Å²) in [6.07, 6.45) is -5.47. The molecule has 0 aliphatic carbocycles. The molecule has 2 aromatic rings. The van der Waals surface area contributed by atoms with Gasteiger partial charge in [0.25, 0.3) is 0 Å². The third kappa shape index (κ3) is 4.15. The van der Waals surface area contributed by atoms with Crippen LogP contribution < -0.4 is 4.74 Å². The number of hydrogen-bond acceptors (Lipinski definition) is 2. The SMILES string of the molecule is CC(CC(F)(F)F)(Oc1ccc(O)cc1)c1ccccc1. The van der Waals surface area contributed by atoms with Gasteiger partial charge in [-0.25, -0.2) is 0 Å². The maximum atomic E-state index is 12.9. The fraction of sp³-hybridized carbons (Fsp3) is 0.250. The molecule has 0 heterocycles. The fourth-order valence-corrected chi connectivity index (χ4v) is 2.14. The number of hydrogen-bond donors (Lipinski definition) is 1. The first-order chi connectivity index (χ1) is 9.78. The molecule has 2 aromatic carbocycles. The molecule has 0 radical (unpaired) electrons. The molecule has 1 N–H and O–H groups in total. The van der Waals surface area contributed by atoms with Crippen LogP contribution in [0.25, 0.3) is 0 Å². The summed E-state index contributed by atoms with van der Waals surface area (Å²) in [6.45, 7) is 1.41. The summed E-state index contributed by atoms with van der Waals surface area (Å²) in [4.78, 5) is 0. The number of ether oxygens (including phenoxy) is 1. The highest BCUT2D eigenvalue weighted by Crippen LogP contribution is 2.38. The van der Waals surface area contributed by atoms with Gasteiger partial charge in [0.05, 0.1) is 6.42 Å². The van der Waals surface area contributed by atoms with Gasteiger partial charge >= 0.3 is 6.18 Å². The van der Waals surface area contributed by atoms with Crippen molar-refractivity contribution in [2.24, 2.45) is 0 Å². The summed E-state index contributed by atoms with van der Waals surface area (Å²) in [7, 11) is 0. The molecule has 0 spiro atoms. The maximum absolute atomic E-state index is 12.9. The van der Waals surface area contributed by atoms with E-state index in [1.54, 1.807) is 30.3 Å². The number of benzene rings is 2. The first-order valence-corrected chi connectivity index (χ1v) is 6.39. The van der Waals surface area contributed by atoms with Crippen LogP contribution in [-0.4, -0.2) is 11.3 Å². The average Bonchev–Trinajstić information content (AvgIpc) is 2.40. The van der Waals surface area contributed by atoms with Crippen molar-refractivity contribution in [3.63, 3.8) is 0 Å². The van der Waals surface area contributed by atoms with Crippen LogP contribution in [-0.2, 0) is 5.60 Å². The van der Waals surface area contributed by atoms with Gasteiger partial charge in [-0.2, -0.15) is 13.2 Å². The Bertz CT molecular complexity index is 579. The van der Waals surface area contributed by atoms with Crippen LogP contribution in [0.2, 0.25) is 0 Å². The second kappa shape index (κ2) is 5.68. The first-order valence-electron chi connectivity index (χ1n) is 6.39. The molecule has 0 saturated carbocycles. The Hall–Kier alpha value is -2.17. The summed E-state index contributed by atoms with van der Waals surface area (Å²) >= 11 is 0. The van der Waals surface area contributed by atoms with Gasteiger partial charge in [0.2, 0.25) is 0 Å². The fourth-order valence-electron chi connectivity index (χ4n) is 2.14. The molecule has 21 heavy (non-hydrogen) atoms. The number of rotatable bonds is 4. The molecule has 0 amide bonds. The first kappa shape index (κ1) is 15.2. The monoisotopic (exact) mass is 296 g/mol. The molecular formula is C16H15F3O2. The van der Waals surface area contributed by atoms with E-state index in [4.69, 9.17) is 4.74 Å². The van der Waals surface area contributed by atoms with Crippen molar-refractivity contribution in [2.45, 2.75) is 25.1 Å². The third-order valence-corrected chi connectivity index (χ3v) is 3.10. The van der Waals surface area contributed by atoms with E-state index >= 15 is 0 Å². The van der Waals surface area contributed by atoms with Crippen molar-refractivity contribution < 1.29 is 23.0 Å². The predicted octanol–water partition coefficient (Wildman–Crippen LogP) is 4.64. The van der Waals surface area contributed by atoms with Crippen LogP contribution in [0.3, 0.4) is 0 Å². The van der Waals surface area contributed by atoms with Crippen LogP contribution in [0.15, 0.2) is 54.6 Å². The van der Waals surface area contributed by atoms with Crippen LogP contribution in [0.5, 0.6) is 11.5 Å². The molecule has 1 atom stereocenters. The van der Waals surface area contributed by atoms with Crippen molar-refractivity contribution in [1.82, 2.24) is 0 Å². The third-order valence-electron chi connectivity index (χ3n) is 3.10. The number of halogens is 3. The Morgan fingerprint density at radius 2 is 1.52 bits per heavy atom. The molecule has 0 bridgehead atoms. The Balaban J connectivity index is 2.34. The molecule has 5 heteroatoms. The molecular weight excluding hydrogens is 281 g/mol. The zero-order valence-electron chi connectivity index (χ0n) is 11.4. The lowest BCUT2D eigenvalue weighted by atomic mass is 9.92. The van der Waals surface area contributed by atoms with Gasteiger partial charge in [-0.05, 0) is 36.8 Å². The molecule has 0 aromatic heterocycles. The van der Waals surface area contributed by atoms with Gasteiger partial charge < -0.3 is 9.84 Å². The lowest BCUT2D eigenvalue weighted by molar-refractivity contribution is -0.169. The smallest absolute Gasteiger partial charge is 0.393 e. The molecule has 2 rings (SSSR count). The van der Waals surface area contributed by atoms with Crippen LogP contribution in [0.1, 0.15) is 18.9 Å². The van der Waals surface area contributed by atoms with Gasteiger partial charge in [-0.1, -0.05) is 30.3 Å². The molecule has 0 fully saturated rings. The normalized spacial score (nSPS) is 14.5. The van der Waals surface area contributed by atoms with E-state index in [9.17, 15) is 18.3 Å². The standard InChI is InChI=1S/C16H15F3O2/c1-15(11-16(17,18)19,12-5-3-2-4-6-12)21-14-9-7-13(20)8-10-14/h2-10,20H,11H2,1H3. The second-order valence-electron chi connectivity index (χ2n) is 4.98. The minimum absolute atomic E-state index is 0.0274. The highest BCUT2D eigenvalue weighted by molar-refractivity contribution is 5.32. The average molecular weight is 296 g/mol. The lowest BCUT2D eigenvalue weighted by Crippen LogP contribution is -2.35. The molecule has 0 aliphatic heterocycles. The molecule has 1 unspecified atom stereocenters. The maximum Gasteiger partial charge on any atom is 0.393 e. The van der Waals surface area contributed by atoms with E-state index in [1.807, 2.05) is 0 Å². The van der Waals surface area contributed by atoms with Gasteiger partial charge in [0, 0.05) is 0 Å². The van der Waals surface area contributed by atoms with Crippen molar-refractivity contribution in [1.29, 1.82) is 0 Å². The Morgan fingerprint density at radius 1 is 0.952 bits per heavy atom. The van der Waals surface area contributed by atoms with Crippen LogP contribution in [0.4, 0.5) is 13.2 Å². The van der Waals surface area contributed by atoms with Gasteiger partial charge in [-0.3, -0.25) is 0 Å². The molecule has 0 aliphatic rings. The summed E-state index contributed by atoms with van der Waals surface area (Å²) in [6, 6.07) is 13.9. The van der Waals surface area contributed by atoms with Gasteiger partial charge in [-0.15, -0.1) is 0 Å². The van der Waals surface area contributed by atoms with E-state index in [-0.39, 0.29) is 11.5 Å². The van der Waals surface area contributed by atoms with Crippen molar-refractivity contribution in [2.75, 3.05) is 0 Å². The Morgan fingerprint density at radius 3 is 2.05 bits per heavy atom. The van der Waals surface area contributed by atoms with Crippen LogP contribution in [0, 0.1) is 0 Å². The summed E-state index contributed by atoms with van der Waals surface area (Å²) in [5, 5.41) is 9.22. The predicted molar refractivity (Wildman–Crippen MR) is 73.2 cm³/mol. The summed E-state index contributed by atoms with van der Waals surface area (Å²) in [5.74, 6) is 0.294. The second-order valence-corrected chi connectivity index (χ2v) is 4.98.